The normalized spacial score (nSPS) is 19.0. The summed E-state index contributed by atoms with van der Waals surface area (Å²) in [6.07, 6.45) is 1.80. The Morgan fingerprint density at radius 2 is 2.06 bits per heavy atom. The number of amides is 1. The molecule has 5 heteroatoms. The summed E-state index contributed by atoms with van der Waals surface area (Å²) >= 11 is 0. The van der Waals surface area contributed by atoms with E-state index in [0.717, 1.165) is 32.0 Å². The number of hydrogen-bond acceptors (Lipinski definition) is 4. The van der Waals surface area contributed by atoms with Crippen molar-refractivity contribution in [2.24, 2.45) is 5.73 Å². The van der Waals surface area contributed by atoms with Crippen LogP contribution in [0.5, 0.6) is 0 Å². The van der Waals surface area contributed by atoms with E-state index in [1.54, 1.807) is 6.20 Å². The van der Waals surface area contributed by atoms with Gasteiger partial charge in [0, 0.05) is 32.4 Å². The molecular formula is C12H18N4O. The lowest BCUT2D eigenvalue weighted by Crippen LogP contribution is -2.53. The molecule has 2 rings (SSSR count). The van der Waals surface area contributed by atoms with Crippen LogP contribution in [0.4, 0.5) is 5.82 Å². The SMILES string of the molecule is CC(C(N)=O)N1CCN(c2ccccn2)CC1. The quantitative estimate of drug-likeness (QED) is 0.804. The van der Waals surface area contributed by atoms with E-state index in [-0.39, 0.29) is 11.9 Å². The van der Waals surface area contributed by atoms with Crippen LogP contribution in [0.2, 0.25) is 0 Å². The predicted octanol–water partition coefficient (Wildman–Crippen LogP) is 0.0774. The van der Waals surface area contributed by atoms with Crippen molar-refractivity contribution in [3.8, 4) is 0 Å². The lowest BCUT2D eigenvalue weighted by atomic mass is 10.2. The summed E-state index contributed by atoms with van der Waals surface area (Å²) in [7, 11) is 0. The number of carbonyl (C=O) groups excluding carboxylic acids is 1. The van der Waals surface area contributed by atoms with Crippen molar-refractivity contribution in [2.75, 3.05) is 31.1 Å². The van der Waals surface area contributed by atoms with E-state index in [4.69, 9.17) is 5.73 Å². The number of pyridine rings is 1. The van der Waals surface area contributed by atoms with Gasteiger partial charge in [-0.25, -0.2) is 4.98 Å². The summed E-state index contributed by atoms with van der Waals surface area (Å²) in [6, 6.07) is 5.73. The predicted molar refractivity (Wildman–Crippen MR) is 66.7 cm³/mol. The molecular weight excluding hydrogens is 216 g/mol. The minimum absolute atomic E-state index is 0.180. The van der Waals surface area contributed by atoms with Gasteiger partial charge in [0.2, 0.25) is 5.91 Å². The van der Waals surface area contributed by atoms with E-state index in [9.17, 15) is 4.79 Å². The summed E-state index contributed by atoms with van der Waals surface area (Å²) in [5.41, 5.74) is 5.31. The number of carbonyl (C=O) groups is 1. The molecule has 0 spiro atoms. The maximum Gasteiger partial charge on any atom is 0.234 e. The van der Waals surface area contributed by atoms with Gasteiger partial charge in [0.15, 0.2) is 0 Å². The van der Waals surface area contributed by atoms with Gasteiger partial charge in [0.05, 0.1) is 6.04 Å². The third kappa shape index (κ3) is 2.74. The van der Waals surface area contributed by atoms with Gasteiger partial charge in [-0.15, -0.1) is 0 Å². The number of piperazine rings is 1. The summed E-state index contributed by atoms with van der Waals surface area (Å²) in [6.45, 7) is 5.32. The first-order valence-corrected chi connectivity index (χ1v) is 5.88. The van der Waals surface area contributed by atoms with Gasteiger partial charge in [-0.05, 0) is 19.1 Å². The molecule has 0 radical (unpaired) electrons. The van der Waals surface area contributed by atoms with E-state index < -0.39 is 0 Å². The second-order valence-electron chi connectivity index (χ2n) is 4.29. The van der Waals surface area contributed by atoms with Gasteiger partial charge >= 0.3 is 0 Å². The Morgan fingerprint density at radius 3 is 2.59 bits per heavy atom. The molecule has 0 bridgehead atoms. The minimum atomic E-state index is -0.253. The highest BCUT2D eigenvalue weighted by atomic mass is 16.1. The van der Waals surface area contributed by atoms with Crippen molar-refractivity contribution in [3.63, 3.8) is 0 Å². The highest BCUT2D eigenvalue weighted by molar-refractivity contribution is 5.79. The molecule has 2 N–H and O–H groups in total. The molecule has 1 atom stereocenters. The lowest BCUT2D eigenvalue weighted by Gasteiger charge is -2.37. The smallest absolute Gasteiger partial charge is 0.234 e. The van der Waals surface area contributed by atoms with E-state index in [1.807, 2.05) is 25.1 Å². The zero-order valence-corrected chi connectivity index (χ0v) is 10.0. The highest BCUT2D eigenvalue weighted by Gasteiger charge is 2.24. The maximum atomic E-state index is 11.1. The summed E-state index contributed by atoms with van der Waals surface area (Å²) in [5, 5.41) is 0. The number of primary amides is 1. The lowest BCUT2D eigenvalue weighted by molar-refractivity contribution is -0.122. The average molecular weight is 234 g/mol. The van der Waals surface area contributed by atoms with Crippen LogP contribution in [0.3, 0.4) is 0 Å². The van der Waals surface area contributed by atoms with E-state index in [1.165, 1.54) is 0 Å². The molecule has 1 unspecified atom stereocenters. The summed E-state index contributed by atoms with van der Waals surface area (Å²) in [4.78, 5) is 19.8. The number of hydrogen-bond donors (Lipinski definition) is 1. The van der Waals surface area contributed by atoms with Crippen molar-refractivity contribution in [1.29, 1.82) is 0 Å². The molecule has 2 heterocycles. The first-order valence-electron chi connectivity index (χ1n) is 5.88. The molecule has 1 amide bonds. The molecule has 1 saturated heterocycles. The number of nitrogens with zero attached hydrogens (tertiary/aromatic N) is 3. The molecule has 1 aliphatic rings. The summed E-state index contributed by atoms with van der Waals surface area (Å²) < 4.78 is 0. The third-order valence-electron chi connectivity index (χ3n) is 3.25. The Balaban J connectivity index is 1.93. The van der Waals surface area contributed by atoms with Crippen LogP contribution in [-0.2, 0) is 4.79 Å². The topological polar surface area (TPSA) is 62.5 Å². The molecule has 0 aromatic carbocycles. The van der Waals surface area contributed by atoms with E-state index >= 15 is 0 Å². The molecule has 1 fully saturated rings. The van der Waals surface area contributed by atoms with Gasteiger partial charge in [0.1, 0.15) is 5.82 Å². The Morgan fingerprint density at radius 1 is 1.35 bits per heavy atom. The van der Waals surface area contributed by atoms with Crippen molar-refractivity contribution in [3.05, 3.63) is 24.4 Å². The van der Waals surface area contributed by atoms with Crippen LogP contribution in [-0.4, -0.2) is 48.0 Å². The molecule has 17 heavy (non-hydrogen) atoms. The zero-order valence-electron chi connectivity index (χ0n) is 10.0. The second kappa shape index (κ2) is 5.14. The number of nitrogens with two attached hydrogens (primary N) is 1. The van der Waals surface area contributed by atoms with Crippen LogP contribution >= 0.6 is 0 Å². The van der Waals surface area contributed by atoms with Crippen molar-refractivity contribution in [1.82, 2.24) is 9.88 Å². The fraction of sp³-hybridized carbons (Fsp3) is 0.500. The standard InChI is InChI=1S/C12H18N4O/c1-10(12(13)17)15-6-8-16(9-7-15)11-4-2-3-5-14-11/h2-5,10H,6-9H2,1H3,(H2,13,17). The number of aromatic nitrogens is 1. The fourth-order valence-corrected chi connectivity index (χ4v) is 2.06. The van der Waals surface area contributed by atoms with Gasteiger partial charge < -0.3 is 10.6 Å². The average Bonchev–Trinajstić information content (AvgIpc) is 2.39. The van der Waals surface area contributed by atoms with Crippen LogP contribution in [0.15, 0.2) is 24.4 Å². The van der Waals surface area contributed by atoms with Crippen LogP contribution in [0.1, 0.15) is 6.92 Å². The van der Waals surface area contributed by atoms with E-state index in [0.29, 0.717) is 0 Å². The van der Waals surface area contributed by atoms with Gasteiger partial charge in [-0.1, -0.05) is 6.07 Å². The molecule has 1 aromatic heterocycles. The van der Waals surface area contributed by atoms with Gasteiger partial charge in [-0.3, -0.25) is 9.69 Å². The first kappa shape index (κ1) is 11.9. The molecule has 1 aromatic rings. The van der Waals surface area contributed by atoms with Gasteiger partial charge in [0.25, 0.3) is 0 Å². The first-order chi connectivity index (χ1) is 8.18. The van der Waals surface area contributed by atoms with Crippen LogP contribution in [0, 0.1) is 0 Å². The monoisotopic (exact) mass is 234 g/mol. The molecule has 92 valence electrons. The highest BCUT2D eigenvalue weighted by Crippen LogP contribution is 2.13. The maximum absolute atomic E-state index is 11.1. The van der Waals surface area contributed by atoms with Crippen molar-refractivity contribution >= 4 is 11.7 Å². The van der Waals surface area contributed by atoms with Crippen molar-refractivity contribution < 1.29 is 4.79 Å². The fourth-order valence-electron chi connectivity index (χ4n) is 2.06. The Bertz CT molecular complexity index is 373. The van der Waals surface area contributed by atoms with Crippen molar-refractivity contribution in [2.45, 2.75) is 13.0 Å². The third-order valence-corrected chi connectivity index (χ3v) is 3.25. The number of anilines is 1. The minimum Gasteiger partial charge on any atom is -0.368 e. The molecule has 0 aliphatic carbocycles. The molecule has 5 nitrogen and oxygen atoms in total. The number of rotatable bonds is 3. The molecule has 1 aliphatic heterocycles. The Kier molecular flexibility index (Phi) is 3.58. The largest absolute Gasteiger partial charge is 0.368 e. The second-order valence-corrected chi connectivity index (χ2v) is 4.29. The molecule has 0 saturated carbocycles. The van der Waals surface area contributed by atoms with E-state index in [2.05, 4.69) is 14.8 Å². The Hall–Kier alpha value is -1.62. The Labute approximate surface area is 101 Å². The van der Waals surface area contributed by atoms with Crippen LogP contribution in [0.25, 0.3) is 0 Å². The van der Waals surface area contributed by atoms with Gasteiger partial charge in [-0.2, -0.15) is 0 Å². The zero-order chi connectivity index (χ0) is 12.3. The van der Waals surface area contributed by atoms with Crippen LogP contribution < -0.4 is 10.6 Å². The summed E-state index contributed by atoms with van der Waals surface area (Å²) in [5.74, 6) is 0.746.